The van der Waals surface area contributed by atoms with E-state index in [-0.39, 0.29) is 17.1 Å². The summed E-state index contributed by atoms with van der Waals surface area (Å²) in [5.74, 6) is -0.540. The van der Waals surface area contributed by atoms with Gasteiger partial charge in [0.25, 0.3) is 0 Å². The van der Waals surface area contributed by atoms with Crippen LogP contribution in [0.15, 0.2) is 47.4 Å². The Morgan fingerprint density at radius 3 is 2.56 bits per heavy atom. The monoisotopic (exact) mass is 361 g/mol. The first-order chi connectivity index (χ1) is 11.7. The van der Waals surface area contributed by atoms with Crippen molar-refractivity contribution < 1.29 is 17.9 Å². The van der Waals surface area contributed by atoms with Crippen LogP contribution in [0.1, 0.15) is 46.9 Å². The van der Waals surface area contributed by atoms with Gasteiger partial charge >= 0.3 is 5.97 Å². The molecule has 0 spiro atoms. The second-order valence-corrected chi connectivity index (χ2v) is 7.67. The quantitative estimate of drug-likeness (QED) is 0.799. The van der Waals surface area contributed by atoms with Crippen LogP contribution in [0, 0.1) is 13.8 Å². The molecular formula is C19H23NO4S. The van der Waals surface area contributed by atoms with Crippen LogP contribution in [0.5, 0.6) is 0 Å². The Balaban J connectivity index is 2.28. The zero-order valence-corrected chi connectivity index (χ0v) is 15.7. The highest BCUT2D eigenvalue weighted by Gasteiger charge is 2.21. The molecule has 2 aromatic carbocycles. The number of hydrogen-bond donors (Lipinski definition) is 1. The summed E-state index contributed by atoms with van der Waals surface area (Å²) < 4.78 is 33.0. The van der Waals surface area contributed by atoms with Crippen molar-refractivity contribution in [2.75, 3.05) is 6.61 Å². The van der Waals surface area contributed by atoms with Gasteiger partial charge in [0.2, 0.25) is 10.0 Å². The van der Waals surface area contributed by atoms with Crippen molar-refractivity contribution in [2.24, 2.45) is 0 Å². The highest BCUT2D eigenvalue weighted by molar-refractivity contribution is 7.89. The molecule has 134 valence electrons. The summed E-state index contributed by atoms with van der Waals surface area (Å²) in [6, 6.07) is 11.4. The van der Waals surface area contributed by atoms with Gasteiger partial charge in [-0.1, -0.05) is 29.8 Å². The summed E-state index contributed by atoms with van der Waals surface area (Å²) in [7, 11) is -3.77. The summed E-state index contributed by atoms with van der Waals surface area (Å²) >= 11 is 0. The summed E-state index contributed by atoms with van der Waals surface area (Å²) in [4.78, 5) is 11.8. The summed E-state index contributed by atoms with van der Waals surface area (Å²) in [5.41, 5.74) is 3.21. The summed E-state index contributed by atoms with van der Waals surface area (Å²) in [6.07, 6.45) is 0. The van der Waals surface area contributed by atoms with Crippen molar-refractivity contribution in [3.05, 3.63) is 64.7 Å². The van der Waals surface area contributed by atoms with Gasteiger partial charge in [0, 0.05) is 6.04 Å². The van der Waals surface area contributed by atoms with E-state index in [1.165, 1.54) is 24.3 Å². The number of benzene rings is 2. The lowest BCUT2D eigenvalue weighted by Gasteiger charge is -2.17. The van der Waals surface area contributed by atoms with Crippen molar-refractivity contribution in [3.63, 3.8) is 0 Å². The standard InChI is InChI=1S/C19H23NO4S/c1-5-24-19(21)16-7-6-8-17(12-16)25(22,23)20-15(4)18-11-13(2)9-10-14(18)3/h6-12,15,20H,5H2,1-4H3. The lowest BCUT2D eigenvalue weighted by molar-refractivity contribution is 0.0526. The Morgan fingerprint density at radius 1 is 1.16 bits per heavy atom. The molecule has 0 aliphatic carbocycles. The van der Waals surface area contributed by atoms with Gasteiger partial charge < -0.3 is 4.74 Å². The average molecular weight is 361 g/mol. The van der Waals surface area contributed by atoms with Crippen LogP contribution in [-0.2, 0) is 14.8 Å². The van der Waals surface area contributed by atoms with Crippen LogP contribution >= 0.6 is 0 Å². The van der Waals surface area contributed by atoms with Crippen molar-refractivity contribution in [1.29, 1.82) is 0 Å². The third kappa shape index (κ3) is 4.67. The third-order valence-electron chi connectivity index (χ3n) is 3.89. The second kappa shape index (κ2) is 7.80. The number of hydrogen-bond acceptors (Lipinski definition) is 4. The number of nitrogens with one attached hydrogen (secondary N) is 1. The third-order valence-corrected chi connectivity index (χ3v) is 5.43. The molecule has 0 aliphatic heterocycles. The molecule has 0 bridgehead atoms. The minimum Gasteiger partial charge on any atom is -0.462 e. The molecule has 0 radical (unpaired) electrons. The van der Waals surface area contributed by atoms with Gasteiger partial charge in [-0.2, -0.15) is 0 Å². The molecule has 0 fully saturated rings. The average Bonchev–Trinajstić information content (AvgIpc) is 2.57. The lowest BCUT2D eigenvalue weighted by Crippen LogP contribution is -2.27. The largest absolute Gasteiger partial charge is 0.462 e. The number of rotatable bonds is 6. The van der Waals surface area contributed by atoms with E-state index in [0.29, 0.717) is 0 Å². The van der Waals surface area contributed by atoms with E-state index in [4.69, 9.17) is 4.74 Å². The Labute approximate surface area is 149 Å². The number of esters is 1. The normalized spacial score (nSPS) is 12.6. The predicted molar refractivity (Wildman–Crippen MR) is 97.1 cm³/mol. The van der Waals surface area contributed by atoms with Gasteiger partial charge in [0.05, 0.1) is 17.1 Å². The fraction of sp³-hybridized carbons (Fsp3) is 0.316. The second-order valence-electron chi connectivity index (χ2n) is 5.95. The Morgan fingerprint density at radius 2 is 1.88 bits per heavy atom. The van der Waals surface area contributed by atoms with E-state index >= 15 is 0 Å². The Kier molecular flexibility index (Phi) is 5.98. The van der Waals surface area contributed by atoms with Gasteiger partial charge in [-0.05, 0) is 57.0 Å². The van der Waals surface area contributed by atoms with Crippen molar-refractivity contribution in [1.82, 2.24) is 4.72 Å². The molecule has 2 rings (SSSR count). The first-order valence-corrected chi connectivity index (χ1v) is 9.59. The maximum atomic E-state index is 12.7. The molecule has 0 aromatic heterocycles. The summed E-state index contributed by atoms with van der Waals surface area (Å²) in [5, 5.41) is 0. The van der Waals surface area contributed by atoms with Gasteiger partial charge in [-0.25, -0.2) is 17.9 Å². The van der Waals surface area contributed by atoms with E-state index < -0.39 is 22.0 Å². The number of ether oxygens (including phenoxy) is 1. The SMILES string of the molecule is CCOC(=O)c1cccc(S(=O)(=O)NC(C)c2cc(C)ccc2C)c1. The van der Waals surface area contributed by atoms with E-state index in [9.17, 15) is 13.2 Å². The van der Waals surface area contributed by atoms with Crippen LogP contribution in [0.3, 0.4) is 0 Å². The van der Waals surface area contributed by atoms with Crippen molar-refractivity contribution >= 4 is 16.0 Å². The van der Waals surface area contributed by atoms with Crippen LogP contribution in [-0.4, -0.2) is 21.0 Å². The molecule has 0 saturated carbocycles. The molecule has 5 nitrogen and oxygen atoms in total. The van der Waals surface area contributed by atoms with Gasteiger partial charge in [0.15, 0.2) is 0 Å². The molecule has 2 aromatic rings. The van der Waals surface area contributed by atoms with Gasteiger partial charge in [0.1, 0.15) is 0 Å². The maximum Gasteiger partial charge on any atom is 0.338 e. The smallest absolute Gasteiger partial charge is 0.338 e. The van der Waals surface area contributed by atoms with Crippen LogP contribution in [0.2, 0.25) is 0 Å². The highest BCUT2D eigenvalue weighted by atomic mass is 32.2. The molecule has 1 N–H and O–H groups in total. The molecule has 25 heavy (non-hydrogen) atoms. The highest BCUT2D eigenvalue weighted by Crippen LogP contribution is 2.22. The molecule has 0 heterocycles. The molecule has 1 atom stereocenters. The summed E-state index contributed by atoms with van der Waals surface area (Å²) in [6.45, 7) is 7.64. The number of carbonyl (C=O) groups is 1. The lowest BCUT2D eigenvalue weighted by atomic mass is 10.0. The number of carbonyl (C=O) groups excluding carboxylic acids is 1. The van der Waals surface area contributed by atoms with Crippen molar-refractivity contribution in [2.45, 2.75) is 38.6 Å². The Bertz CT molecular complexity index is 875. The minimum atomic E-state index is -3.77. The van der Waals surface area contributed by atoms with E-state index in [1.807, 2.05) is 32.0 Å². The molecule has 0 saturated heterocycles. The minimum absolute atomic E-state index is 0.0372. The Hall–Kier alpha value is -2.18. The van der Waals surface area contributed by atoms with Crippen LogP contribution in [0.25, 0.3) is 0 Å². The van der Waals surface area contributed by atoms with Crippen LogP contribution < -0.4 is 4.72 Å². The topological polar surface area (TPSA) is 72.5 Å². The van der Waals surface area contributed by atoms with E-state index in [0.717, 1.165) is 16.7 Å². The zero-order chi connectivity index (χ0) is 18.6. The predicted octanol–water partition coefficient (Wildman–Crippen LogP) is 3.52. The molecule has 1 unspecified atom stereocenters. The first-order valence-electron chi connectivity index (χ1n) is 8.11. The first kappa shape index (κ1) is 19.1. The van der Waals surface area contributed by atoms with Gasteiger partial charge in [-0.3, -0.25) is 0 Å². The van der Waals surface area contributed by atoms with Gasteiger partial charge in [-0.15, -0.1) is 0 Å². The maximum absolute atomic E-state index is 12.7. The molecule has 0 aliphatic rings. The number of aryl methyl sites for hydroxylation is 2. The zero-order valence-electron chi connectivity index (χ0n) is 14.9. The molecule has 0 amide bonds. The van der Waals surface area contributed by atoms with E-state index in [2.05, 4.69) is 4.72 Å². The fourth-order valence-electron chi connectivity index (χ4n) is 2.60. The van der Waals surface area contributed by atoms with Crippen molar-refractivity contribution in [3.8, 4) is 0 Å². The van der Waals surface area contributed by atoms with Crippen LogP contribution in [0.4, 0.5) is 0 Å². The van der Waals surface area contributed by atoms with E-state index in [1.54, 1.807) is 13.8 Å². The molecular weight excluding hydrogens is 338 g/mol. The molecule has 6 heteroatoms. The fourth-order valence-corrected chi connectivity index (χ4v) is 3.86. The number of sulfonamides is 1.